The van der Waals surface area contributed by atoms with Gasteiger partial charge in [-0.15, -0.1) is 0 Å². The second-order valence-electron chi connectivity index (χ2n) is 15.5. The fourth-order valence-electron chi connectivity index (χ4n) is 9.10. The number of hydrogen-bond donors (Lipinski definition) is 1. The molecule has 4 aliphatic heterocycles. The van der Waals surface area contributed by atoms with E-state index in [4.69, 9.17) is 28.6 Å². The molecule has 0 amide bonds. The van der Waals surface area contributed by atoms with Gasteiger partial charge in [0.25, 0.3) is 0 Å². The topological polar surface area (TPSA) is 116 Å². The summed E-state index contributed by atoms with van der Waals surface area (Å²) in [4.78, 5) is 14.0. The van der Waals surface area contributed by atoms with Crippen LogP contribution in [0, 0.1) is 6.92 Å². The van der Waals surface area contributed by atoms with E-state index in [0.717, 1.165) is 49.3 Å². The minimum Gasteiger partial charge on any atom is -0.461 e. The van der Waals surface area contributed by atoms with E-state index in [0.29, 0.717) is 83.4 Å². The average Bonchev–Trinajstić information content (AvgIpc) is 3.94. The summed E-state index contributed by atoms with van der Waals surface area (Å²) in [7, 11) is 1.76. The molecule has 4 saturated heterocycles. The minimum atomic E-state index is -4.69. The van der Waals surface area contributed by atoms with Gasteiger partial charge in [0.15, 0.2) is 11.9 Å². The third-order valence-corrected chi connectivity index (χ3v) is 12.4. The van der Waals surface area contributed by atoms with Crippen LogP contribution in [0.3, 0.4) is 0 Å². The molecule has 0 radical (unpaired) electrons. The lowest BCUT2D eigenvalue weighted by atomic mass is 9.94. The van der Waals surface area contributed by atoms with Gasteiger partial charge in [0.05, 0.1) is 64.5 Å². The monoisotopic (exact) mass is 770 g/mol. The summed E-state index contributed by atoms with van der Waals surface area (Å²) in [5.41, 5.74) is 0.00637. The molecule has 1 N–H and O–H groups in total. The van der Waals surface area contributed by atoms with Crippen molar-refractivity contribution in [1.82, 2.24) is 33.6 Å². The van der Waals surface area contributed by atoms with Gasteiger partial charge in [-0.3, -0.25) is 4.90 Å². The summed E-state index contributed by atoms with van der Waals surface area (Å²) in [5.74, 6) is 0.464. The summed E-state index contributed by atoms with van der Waals surface area (Å²) in [6.07, 6.45) is 2.05. The quantitative estimate of drug-likeness (QED) is 0.188. The van der Waals surface area contributed by atoms with E-state index in [1.807, 2.05) is 4.90 Å². The van der Waals surface area contributed by atoms with E-state index in [9.17, 15) is 9.50 Å². The summed E-state index contributed by atoms with van der Waals surface area (Å²) in [6.45, 7) is 6.39. The maximum atomic E-state index is 15.1. The molecule has 288 valence electrons. The van der Waals surface area contributed by atoms with Gasteiger partial charge < -0.3 is 28.8 Å². The van der Waals surface area contributed by atoms with Gasteiger partial charge in [0, 0.05) is 37.7 Å². The van der Waals surface area contributed by atoms with Gasteiger partial charge in [-0.1, -0.05) is 0 Å². The van der Waals surface area contributed by atoms with Crippen molar-refractivity contribution in [2.24, 2.45) is 7.05 Å². The molecule has 54 heavy (non-hydrogen) atoms. The van der Waals surface area contributed by atoms with Crippen LogP contribution >= 0.6 is 11.5 Å². The number of anilines is 1. The molecule has 12 nitrogen and oxygen atoms in total. The number of aliphatic hydroxyl groups is 1. The largest absolute Gasteiger partial charge is 0.461 e. The zero-order valence-corrected chi connectivity index (χ0v) is 31.2. The number of fused-ring (bicyclic) bond motifs is 5. The molecule has 0 bridgehead atoms. The molecule has 0 saturated carbocycles. The van der Waals surface area contributed by atoms with E-state index in [1.54, 1.807) is 29.3 Å². The fraction of sp³-hybridized carbons (Fsp3) is 0.568. The van der Waals surface area contributed by atoms with Gasteiger partial charge in [-0.2, -0.15) is 32.6 Å². The van der Waals surface area contributed by atoms with E-state index < -0.39 is 17.3 Å². The van der Waals surface area contributed by atoms with Crippen molar-refractivity contribution in [3.8, 4) is 17.3 Å². The molecule has 9 rings (SSSR count). The number of ether oxygens (including phenoxy) is 3. The molecular weight excluding hydrogens is 729 g/mol. The molecule has 4 fully saturated rings. The van der Waals surface area contributed by atoms with Crippen molar-refractivity contribution in [3.63, 3.8) is 0 Å². The number of rotatable bonds is 6. The second kappa shape index (κ2) is 13.1. The number of alkyl halides is 3. The molecule has 4 aliphatic rings. The SMILES string of the molecule is Cc1cc2c(cnn2C2CCCCO2)c(-c2nsc3c4c(N5CCOC[C@@](C)(O)C5)nc(OC[C@@]56CCCN5C/C(=C\F)C6)nc4n(C)c23)c1C(F)(F)F. The van der Waals surface area contributed by atoms with Crippen LogP contribution in [0.25, 0.3) is 43.4 Å². The Morgan fingerprint density at radius 2 is 2.02 bits per heavy atom. The first kappa shape index (κ1) is 35.8. The molecular formula is C37H42F4N8O4S. The molecule has 0 aliphatic carbocycles. The number of hydrogen-bond acceptors (Lipinski definition) is 11. The van der Waals surface area contributed by atoms with Crippen molar-refractivity contribution < 1.29 is 36.9 Å². The van der Waals surface area contributed by atoms with E-state index >= 15 is 13.2 Å². The van der Waals surface area contributed by atoms with Crippen molar-refractivity contribution in [2.75, 3.05) is 57.5 Å². The Kier molecular flexibility index (Phi) is 8.68. The van der Waals surface area contributed by atoms with Crippen LogP contribution in [0.5, 0.6) is 6.01 Å². The lowest BCUT2D eigenvalue weighted by molar-refractivity contribution is -0.137. The highest BCUT2D eigenvalue weighted by Crippen LogP contribution is 2.49. The summed E-state index contributed by atoms with van der Waals surface area (Å²) < 4.78 is 86.0. The molecule has 8 heterocycles. The zero-order chi connectivity index (χ0) is 37.6. The lowest BCUT2D eigenvalue weighted by Gasteiger charge is -2.31. The number of aryl methyl sites for hydroxylation is 2. The molecule has 1 unspecified atom stereocenters. The highest BCUT2D eigenvalue weighted by molar-refractivity contribution is 7.15. The van der Waals surface area contributed by atoms with Crippen molar-refractivity contribution >= 4 is 49.5 Å². The van der Waals surface area contributed by atoms with Crippen molar-refractivity contribution in [2.45, 2.75) is 75.9 Å². The van der Waals surface area contributed by atoms with Gasteiger partial charge in [0.1, 0.15) is 23.7 Å². The Hall–Kier alpha value is -3.90. The Morgan fingerprint density at radius 3 is 2.80 bits per heavy atom. The molecule has 1 aromatic carbocycles. The average molecular weight is 771 g/mol. The normalized spacial score (nSPS) is 26.5. The number of β-amino-alcohol motifs (C(OH)–C–C–N with tert-alkyl or cyclic N) is 1. The number of aromatic nitrogens is 6. The highest BCUT2D eigenvalue weighted by Gasteiger charge is 2.47. The molecule has 5 aromatic rings. The second-order valence-corrected chi connectivity index (χ2v) is 16.3. The van der Waals surface area contributed by atoms with Gasteiger partial charge in [-0.25, -0.2) is 9.07 Å². The van der Waals surface area contributed by atoms with Crippen LogP contribution in [-0.2, 0) is 22.7 Å². The van der Waals surface area contributed by atoms with Gasteiger partial charge >= 0.3 is 12.2 Å². The highest BCUT2D eigenvalue weighted by atomic mass is 32.1. The fourth-order valence-corrected chi connectivity index (χ4v) is 10.1. The minimum absolute atomic E-state index is 0.0489. The first-order chi connectivity index (χ1) is 25.9. The lowest BCUT2D eigenvalue weighted by Crippen LogP contribution is -2.43. The third-order valence-electron chi connectivity index (χ3n) is 11.5. The Bertz CT molecular complexity index is 2290. The predicted molar refractivity (Wildman–Crippen MR) is 195 cm³/mol. The molecule has 0 spiro atoms. The number of nitrogens with zero attached hydrogens (tertiary/aromatic N) is 8. The summed E-state index contributed by atoms with van der Waals surface area (Å²) in [6, 6.07) is 1.63. The van der Waals surface area contributed by atoms with Crippen LogP contribution in [0.1, 0.15) is 62.8 Å². The molecule has 3 atom stereocenters. The Balaban J connectivity index is 1.23. The smallest absolute Gasteiger partial charge is 0.417 e. The molecule has 4 aromatic heterocycles. The van der Waals surface area contributed by atoms with Crippen LogP contribution in [0.4, 0.5) is 23.4 Å². The van der Waals surface area contributed by atoms with Gasteiger partial charge in [0.2, 0.25) is 0 Å². The summed E-state index contributed by atoms with van der Waals surface area (Å²) >= 11 is 1.09. The first-order valence-corrected chi connectivity index (χ1v) is 19.2. The van der Waals surface area contributed by atoms with Crippen LogP contribution in [0.15, 0.2) is 24.2 Å². The number of halogens is 4. The number of benzene rings is 1. The van der Waals surface area contributed by atoms with E-state index in [1.165, 1.54) is 13.1 Å². The Labute approximate surface area is 312 Å². The Morgan fingerprint density at radius 1 is 1.17 bits per heavy atom. The zero-order valence-electron chi connectivity index (χ0n) is 30.4. The predicted octanol–water partition coefficient (Wildman–Crippen LogP) is 6.68. The van der Waals surface area contributed by atoms with Gasteiger partial charge in [-0.05, 0) is 87.7 Å². The van der Waals surface area contributed by atoms with E-state index in [2.05, 4.69) is 10.00 Å². The van der Waals surface area contributed by atoms with Crippen molar-refractivity contribution in [3.05, 3.63) is 35.3 Å². The van der Waals surface area contributed by atoms with E-state index in [-0.39, 0.29) is 54.4 Å². The summed E-state index contributed by atoms with van der Waals surface area (Å²) in [5, 5.41) is 16.7. The first-order valence-electron chi connectivity index (χ1n) is 18.4. The maximum absolute atomic E-state index is 15.1. The van der Waals surface area contributed by atoms with Crippen LogP contribution in [-0.4, -0.2) is 102 Å². The third kappa shape index (κ3) is 5.85. The van der Waals surface area contributed by atoms with Crippen LogP contribution < -0.4 is 9.64 Å². The van der Waals surface area contributed by atoms with Crippen LogP contribution in [0.2, 0.25) is 0 Å². The standard InChI is InChI=1S/C37H42F4N8O4S/c1-21-13-24-23(16-42-49(24)25-7-4-5-11-52-25)26(28(21)37(39,40)41)29-30-31(54-45-29)27-32(46(30)3)43-34(44-33(27)47-10-12-51-19-35(2,50)18-47)53-20-36-8-6-9-48(36)17-22(14-36)15-38/h13,15-16,25,50H,4-12,14,17-20H2,1-3H3/b22-15-/t25?,35-,36-/m0/s1. The van der Waals surface area contributed by atoms with Crippen molar-refractivity contribution in [1.29, 1.82) is 0 Å². The maximum Gasteiger partial charge on any atom is 0.417 e. The molecule has 17 heteroatoms.